The summed E-state index contributed by atoms with van der Waals surface area (Å²) in [6.07, 6.45) is 1.58. The minimum Gasteiger partial charge on any atom is -0.334 e. The van der Waals surface area contributed by atoms with Crippen molar-refractivity contribution >= 4 is 23.2 Å². The topological polar surface area (TPSA) is 51.8 Å². The van der Waals surface area contributed by atoms with Crippen molar-refractivity contribution in [3.63, 3.8) is 0 Å². The van der Waals surface area contributed by atoms with Crippen molar-refractivity contribution in [1.82, 2.24) is 15.1 Å². The zero-order valence-corrected chi connectivity index (χ0v) is 11.1. The van der Waals surface area contributed by atoms with Crippen molar-refractivity contribution in [3.05, 3.63) is 52.8 Å². The van der Waals surface area contributed by atoms with Gasteiger partial charge in [-0.25, -0.2) is 4.98 Å². The first-order chi connectivity index (χ1) is 9.22. The number of hydrogen-bond acceptors (Lipinski definition) is 4. The normalized spacial score (nSPS) is 10.6. The van der Waals surface area contributed by atoms with Crippen LogP contribution in [-0.2, 0) is 0 Å². The molecule has 0 bridgehead atoms. The maximum Gasteiger partial charge on any atom is 0.259 e. The van der Waals surface area contributed by atoms with Gasteiger partial charge in [-0.15, -0.1) is 0 Å². The van der Waals surface area contributed by atoms with E-state index in [0.29, 0.717) is 21.9 Å². The molecule has 0 aliphatic heterocycles. The van der Waals surface area contributed by atoms with E-state index in [2.05, 4.69) is 15.1 Å². The van der Waals surface area contributed by atoms with Gasteiger partial charge in [0.05, 0.1) is 5.56 Å². The molecule has 0 aliphatic rings. The summed E-state index contributed by atoms with van der Waals surface area (Å²) in [6, 6.07) is 10.7. The van der Waals surface area contributed by atoms with Crippen molar-refractivity contribution in [2.45, 2.75) is 0 Å². The lowest BCUT2D eigenvalue weighted by molar-refractivity contribution is 0.432. The van der Waals surface area contributed by atoms with Crippen LogP contribution >= 0.6 is 23.2 Å². The molecule has 94 valence electrons. The highest BCUT2D eigenvalue weighted by Crippen LogP contribution is 2.23. The maximum atomic E-state index is 5.83. The maximum absolute atomic E-state index is 5.83. The standard InChI is InChI=1S/C13H7Cl2N3O/c14-10-4-1-8(2-5-10)12-17-13(19-18-12)9-3-6-11(15)16-7-9/h1-7H. The van der Waals surface area contributed by atoms with Gasteiger partial charge in [-0.2, -0.15) is 4.98 Å². The molecule has 2 heterocycles. The fourth-order valence-corrected chi connectivity index (χ4v) is 1.80. The summed E-state index contributed by atoms with van der Waals surface area (Å²) in [5, 5.41) is 5.00. The molecule has 0 unspecified atom stereocenters. The highest BCUT2D eigenvalue weighted by Gasteiger charge is 2.10. The Labute approximate surface area is 119 Å². The summed E-state index contributed by atoms with van der Waals surface area (Å²) in [5.41, 5.74) is 1.55. The molecular formula is C13H7Cl2N3O. The molecule has 0 aliphatic carbocycles. The van der Waals surface area contributed by atoms with E-state index < -0.39 is 0 Å². The first kappa shape index (κ1) is 12.1. The zero-order chi connectivity index (χ0) is 13.2. The SMILES string of the molecule is Clc1ccc(-c2noc(-c3ccc(Cl)nc3)n2)cc1. The number of aromatic nitrogens is 3. The zero-order valence-electron chi connectivity index (χ0n) is 9.55. The Balaban J connectivity index is 1.95. The van der Waals surface area contributed by atoms with E-state index in [9.17, 15) is 0 Å². The number of nitrogens with zero attached hydrogens (tertiary/aromatic N) is 3. The minimum atomic E-state index is 0.397. The van der Waals surface area contributed by atoms with Crippen LogP contribution in [0.3, 0.4) is 0 Å². The Morgan fingerprint density at radius 3 is 2.32 bits per heavy atom. The molecule has 0 saturated heterocycles. The van der Waals surface area contributed by atoms with Crippen molar-refractivity contribution in [3.8, 4) is 22.8 Å². The van der Waals surface area contributed by atoms with Gasteiger partial charge in [-0.3, -0.25) is 0 Å². The van der Waals surface area contributed by atoms with Crippen LogP contribution in [-0.4, -0.2) is 15.1 Å². The summed E-state index contributed by atoms with van der Waals surface area (Å²) in [6.45, 7) is 0. The molecule has 0 saturated carbocycles. The van der Waals surface area contributed by atoms with Gasteiger partial charge in [0, 0.05) is 16.8 Å². The number of pyridine rings is 1. The second kappa shape index (κ2) is 4.99. The Bertz CT molecular complexity index is 633. The van der Waals surface area contributed by atoms with Crippen LogP contribution in [0, 0.1) is 0 Å². The van der Waals surface area contributed by atoms with Gasteiger partial charge in [0.15, 0.2) is 0 Å². The van der Waals surface area contributed by atoms with Crippen LogP contribution in [0.4, 0.5) is 0 Å². The van der Waals surface area contributed by atoms with Crippen LogP contribution < -0.4 is 0 Å². The highest BCUT2D eigenvalue weighted by atomic mass is 35.5. The number of benzene rings is 1. The Morgan fingerprint density at radius 2 is 1.63 bits per heavy atom. The van der Waals surface area contributed by atoms with Crippen molar-refractivity contribution in [1.29, 1.82) is 0 Å². The number of halogens is 2. The van der Waals surface area contributed by atoms with Gasteiger partial charge in [0.25, 0.3) is 5.89 Å². The van der Waals surface area contributed by atoms with Crippen molar-refractivity contribution < 1.29 is 4.52 Å². The summed E-state index contributed by atoms with van der Waals surface area (Å²) >= 11 is 11.6. The molecule has 0 spiro atoms. The fourth-order valence-electron chi connectivity index (χ4n) is 1.56. The van der Waals surface area contributed by atoms with E-state index >= 15 is 0 Å². The predicted octanol–water partition coefficient (Wildman–Crippen LogP) is 4.11. The van der Waals surface area contributed by atoms with E-state index in [-0.39, 0.29) is 0 Å². The summed E-state index contributed by atoms with van der Waals surface area (Å²) in [7, 11) is 0. The third kappa shape index (κ3) is 2.59. The van der Waals surface area contributed by atoms with Crippen molar-refractivity contribution in [2.24, 2.45) is 0 Å². The van der Waals surface area contributed by atoms with Crippen LogP contribution in [0.2, 0.25) is 10.2 Å². The molecule has 0 amide bonds. The highest BCUT2D eigenvalue weighted by molar-refractivity contribution is 6.30. The smallest absolute Gasteiger partial charge is 0.259 e. The minimum absolute atomic E-state index is 0.397. The first-order valence-electron chi connectivity index (χ1n) is 5.44. The van der Waals surface area contributed by atoms with Gasteiger partial charge in [0.1, 0.15) is 5.15 Å². The molecule has 3 aromatic rings. The molecule has 0 atom stereocenters. The molecule has 3 rings (SSSR count). The van der Waals surface area contributed by atoms with Gasteiger partial charge in [-0.05, 0) is 36.4 Å². The molecule has 19 heavy (non-hydrogen) atoms. The fraction of sp³-hybridized carbons (Fsp3) is 0. The first-order valence-corrected chi connectivity index (χ1v) is 6.19. The van der Waals surface area contributed by atoms with Gasteiger partial charge in [0.2, 0.25) is 5.82 Å². The molecule has 0 fully saturated rings. The summed E-state index contributed by atoms with van der Waals surface area (Å²) in [5.74, 6) is 0.899. The summed E-state index contributed by atoms with van der Waals surface area (Å²) in [4.78, 5) is 8.28. The second-order valence-electron chi connectivity index (χ2n) is 3.80. The third-order valence-corrected chi connectivity index (χ3v) is 2.98. The molecule has 0 radical (unpaired) electrons. The lowest BCUT2D eigenvalue weighted by atomic mass is 10.2. The number of rotatable bonds is 2. The van der Waals surface area contributed by atoms with E-state index in [1.807, 2.05) is 12.1 Å². The summed E-state index contributed by atoms with van der Waals surface area (Å²) < 4.78 is 5.20. The Hall–Kier alpha value is -1.91. The third-order valence-electron chi connectivity index (χ3n) is 2.50. The van der Waals surface area contributed by atoms with Gasteiger partial charge in [-0.1, -0.05) is 28.4 Å². The van der Waals surface area contributed by atoms with Crippen LogP contribution in [0.5, 0.6) is 0 Å². The largest absolute Gasteiger partial charge is 0.334 e. The second-order valence-corrected chi connectivity index (χ2v) is 4.62. The van der Waals surface area contributed by atoms with Crippen LogP contribution in [0.25, 0.3) is 22.8 Å². The van der Waals surface area contributed by atoms with E-state index in [1.54, 1.807) is 30.5 Å². The van der Waals surface area contributed by atoms with Gasteiger partial charge >= 0.3 is 0 Å². The lowest BCUT2D eigenvalue weighted by Crippen LogP contribution is -1.82. The Morgan fingerprint density at radius 1 is 0.895 bits per heavy atom. The van der Waals surface area contributed by atoms with E-state index in [1.165, 1.54) is 0 Å². The average molecular weight is 292 g/mol. The van der Waals surface area contributed by atoms with Crippen LogP contribution in [0.1, 0.15) is 0 Å². The monoisotopic (exact) mass is 291 g/mol. The average Bonchev–Trinajstić information content (AvgIpc) is 2.90. The molecule has 4 nitrogen and oxygen atoms in total. The molecule has 1 aromatic carbocycles. The lowest BCUT2D eigenvalue weighted by Gasteiger charge is -1.94. The van der Waals surface area contributed by atoms with Crippen LogP contribution in [0.15, 0.2) is 47.1 Å². The van der Waals surface area contributed by atoms with Crippen molar-refractivity contribution in [2.75, 3.05) is 0 Å². The molecular weight excluding hydrogens is 285 g/mol. The molecule has 2 aromatic heterocycles. The predicted molar refractivity (Wildman–Crippen MR) is 73.0 cm³/mol. The number of hydrogen-bond donors (Lipinski definition) is 0. The van der Waals surface area contributed by atoms with Gasteiger partial charge < -0.3 is 4.52 Å². The van der Waals surface area contributed by atoms with E-state index in [4.69, 9.17) is 27.7 Å². The molecule has 0 N–H and O–H groups in total. The quantitative estimate of drug-likeness (QED) is 0.667. The van der Waals surface area contributed by atoms with E-state index in [0.717, 1.165) is 11.1 Å². The Kier molecular flexibility index (Phi) is 3.19. The molecule has 6 heteroatoms.